The van der Waals surface area contributed by atoms with E-state index in [1.54, 1.807) is 0 Å². The molecule has 0 spiro atoms. The van der Waals surface area contributed by atoms with E-state index in [2.05, 4.69) is 0 Å². The van der Waals surface area contributed by atoms with Crippen LogP contribution >= 0.6 is 0 Å². The Kier molecular flexibility index (Phi) is 12.1. The molecule has 12 aliphatic rings. The molecule has 0 aromatic rings. The largest absolute Gasteiger partial charge is 0.464 e. The minimum atomic E-state index is -4.62. The first kappa shape index (κ1) is 48.7. The maximum Gasteiger partial charge on any atom is 0.404 e. The fraction of sp³-hybridized carbons (Fsp3) is 0.935. The smallest absolute Gasteiger partial charge is 0.404 e. The number of carbonyl (C=O) groups is 3. The summed E-state index contributed by atoms with van der Waals surface area (Å²) >= 11 is 0. The summed E-state index contributed by atoms with van der Waals surface area (Å²) in [5.41, 5.74) is -7.94. The number of rotatable bonds is 9. The highest BCUT2D eigenvalue weighted by Gasteiger charge is 2.62. The van der Waals surface area contributed by atoms with Crippen molar-refractivity contribution in [2.24, 2.45) is 62.6 Å². The van der Waals surface area contributed by atoms with Crippen molar-refractivity contribution >= 4 is 17.9 Å². The van der Waals surface area contributed by atoms with Gasteiger partial charge in [-0.05, 0) is 179 Å². The van der Waals surface area contributed by atoms with Gasteiger partial charge in [0.05, 0.1) is 36.6 Å². The van der Waals surface area contributed by atoms with Gasteiger partial charge in [-0.1, -0.05) is 0 Å². The van der Waals surface area contributed by atoms with Gasteiger partial charge in [-0.25, -0.2) is 4.79 Å². The molecule has 360 valence electrons. The first-order valence-corrected chi connectivity index (χ1v) is 22.8. The molecule has 0 amide bonds. The van der Waals surface area contributed by atoms with Gasteiger partial charge in [0.15, 0.2) is 10.8 Å². The van der Waals surface area contributed by atoms with Gasteiger partial charge in [0.25, 0.3) is 0 Å². The standard InChI is InChI=1S/2C16H23F3O3.C14H20F2O3/c2*1-13(2,16(17,18)19)12(20)22-9-14-4-10-3-11(5-14)7-15(21,6-10)8-14;1-12(15,16)11(17)19-8-13-3-9-2-10(4-13)6-14(18,5-9)7-13/h2*10-11,21H,3-9H2,1-2H3;9-10,18H,2-8H2,1H3. The van der Waals surface area contributed by atoms with Gasteiger partial charge in [0.1, 0.15) is 0 Å². The number of alkyl halides is 8. The van der Waals surface area contributed by atoms with Crippen LogP contribution in [0.1, 0.15) is 150 Å². The molecule has 63 heavy (non-hydrogen) atoms. The second-order valence-corrected chi connectivity index (χ2v) is 23.9. The van der Waals surface area contributed by atoms with Crippen LogP contribution in [-0.4, -0.2) is 88.1 Å². The lowest BCUT2D eigenvalue weighted by Crippen LogP contribution is -2.57. The molecule has 6 unspecified atom stereocenters. The molecule has 0 radical (unpaired) electrons. The molecule has 6 atom stereocenters. The van der Waals surface area contributed by atoms with Crippen LogP contribution in [0.5, 0.6) is 0 Å². The molecule has 17 heteroatoms. The third-order valence-corrected chi connectivity index (χ3v) is 16.8. The van der Waals surface area contributed by atoms with Crippen LogP contribution in [0.25, 0.3) is 0 Å². The van der Waals surface area contributed by atoms with Gasteiger partial charge in [0.2, 0.25) is 0 Å². The molecule has 0 heterocycles. The predicted molar refractivity (Wildman–Crippen MR) is 209 cm³/mol. The predicted octanol–water partition coefficient (Wildman–Crippen LogP) is 9.41. The topological polar surface area (TPSA) is 140 Å². The Hall–Kier alpha value is -2.27. The molecule has 12 rings (SSSR count). The van der Waals surface area contributed by atoms with Crippen molar-refractivity contribution in [3.05, 3.63) is 0 Å². The van der Waals surface area contributed by atoms with Crippen molar-refractivity contribution in [1.82, 2.24) is 0 Å². The van der Waals surface area contributed by atoms with Crippen LogP contribution in [-0.2, 0) is 28.6 Å². The summed E-state index contributed by atoms with van der Waals surface area (Å²) in [4.78, 5) is 35.0. The van der Waals surface area contributed by atoms with Gasteiger partial charge in [-0.3, -0.25) is 9.59 Å². The van der Waals surface area contributed by atoms with Crippen LogP contribution in [0.15, 0.2) is 0 Å². The van der Waals surface area contributed by atoms with E-state index in [0.717, 1.165) is 124 Å². The molecule has 0 aromatic carbocycles. The molecule has 0 aliphatic heterocycles. The average Bonchev–Trinajstić information content (AvgIpc) is 3.08. The van der Waals surface area contributed by atoms with Gasteiger partial charge in [0, 0.05) is 23.2 Å². The van der Waals surface area contributed by atoms with E-state index < -0.39 is 63.8 Å². The normalized spacial score (nSPS) is 41.9. The Labute approximate surface area is 364 Å². The summed E-state index contributed by atoms with van der Waals surface area (Å²) in [5, 5.41) is 31.7. The average molecular weight is 915 g/mol. The fourth-order valence-electron chi connectivity index (χ4n) is 15.1. The second-order valence-electron chi connectivity index (χ2n) is 23.9. The second kappa shape index (κ2) is 15.7. The van der Waals surface area contributed by atoms with Crippen LogP contribution in [0, 0.1) is 62.6 Å². The van der Waals surface area contributed by atoms with Crippen molar-refractivity contribution in [1.29, 1.82) is 0 Å². The van der Waals surface area contributed by atoms with Gasteiger partial charge in [-0.2, -0.15) is 35.1 Å². The first-order valence-electron chi connectivity index (χ1n) is 22.8. The molecule has 0 saturated heterocycles. The Morgan fingerprint density at radius 2 is 0.651 bits per heavy atom. The van der Waals surface area contributed by atoms with Crippen LogP contribution in [0.2, 0.25) is 0 Å². The van der Waals surface area contributed by atoms with Gasteiger partial charge < -0.3 is 29.5 Å². The fourth-order valence-corrected chi connectivity index (χ4v) is 15.1. The van der Waals surface area contributed by atoms with Gasteiger partial charge in [-0.15, -0.1) is 0 Å². The summed E-state index contributed by atoms with van der Waals surface area (Å²) in [6, 6.07) is 0. The Balaban J connectivity index is 0.000000142. The number of esters is 3. The Bertz CT molecular complexity index is 1640. The van der Waals surface area contributed by atoms with Gasteiger partial charge >= 0.3 is 36.2 Å². The summed E-state index contributed by atoms with van der Waals surface area (Å²) < 4.78 is 118. The number of ether oxygens (including phenoxy) is 3. The van der Waals surface area contributed by atoms with E-state index in [0.29, 0.717) is 61.7 Å². The molecule has 3 N–H and O–H groups in total. The molecule has 0 aromatic heterocycles. The van der Waals surface area contributed by atoms with Crippen molar-refractivity contribution < 1.29 is 79.0 Å². The maximum atomic E-state index is 12.9. The summed E-state index contributed by atoms with van der Waals surface area (Å²) in [5.74, 6) is -4.72. The highest BCUT2D eigenvalue weighted by Crippen LogP contribution is 2.64. The lowest BCUT2D eigenvalue weighted by atomic mass is 9.48. The zero-order valence-electron chi connectivity index (χ0n) is 37.1. The van der Waals surface area contributed by atoms with E-state index in [4.69, 9.17) is 14.2 Å². The number of carbonyl (C=O) groups excluding carboxylic acids is 3. The quantitative estimate of drug-likeness (QED) is 0.117. The van der Waals surface area contributed by atoms with Crippen LogP contribution < -0.4 is 0 Å². The number of hydrogen-bond donors (Lipinski definition) is 3. The Morgan fingerprint density at radius 3 is 0.841 bits per heavy atom. The molecular weight excluding hydrogens is 848 g/mol. The van der Waals surface area contributed by atoms with E-state index in [9.17, 15) is 64.8 Å². The summed E-state index contributed by atoms with van der Waals surface area (Å²) in [7, 11) is 0. The summed E-state index contributed by atoms with van der Waals surface area (Å²) in [6.45, 7) is 3.99. The van der Waals surface area contributed by atoms with Crippen molar-refractivity contribution in [2.75, 3.05) is 19.8 Å². The van der Waals surface area contributed by atoms with Crippen molar-refractivity contribution in [3.8, 4) is 0 Å². The number of halogens is 8. The minimum Gasteiger partial charge on any atom is -0.464 e. The molecule has 12 aliphatic carbocycles. The molecule has 12 fully saturated rings. The van der Waals surface area contributed by atoms with Crippen molar-refractivity contribution in [3.63, 3.8) is 0 Å². The molecule has 12 bridgehead atoms. The van der Waals surface area contributed by atoms with E-state index in [-0.39, 0.29) is 36.1 Å². The SMILES string of the molecule is CC(C)(C(=O)OCC12CC3CC(CC(O)(C3)C1)C2)C(F)(F)F.CC(C)(C(=O)OCC12CC3CC(CC(O)(C3)C1)C2)C(F)(F)F.CC(F)(F)C(=O)OCC12CC3CC(CC(O)(C3)C1)C2. The molecular formula is C46H66F8O9. The third kappa shape index (κ3) is 9.91. The highest BCUT2D eigenvalue weighted by atomic mass is 19.4. The maximum absolute atomic E-state index is 12.9. The van der Waals surface area contributed by atoms with E-state index in [1.807, 2.05) is 0 Å². The molecule has 12 saturated carbocycles. The zero-order valence-corrected chi connectivity index (χ0v) is 37.1. The van der Waals surface area contributed by atoms with E-state index in [1.165, 1.54) is 0 Å². The molecule has 9 nitrogen and oxygen atoms in total. The zero-order chi connectivity index (χ0) is 46.7. The highest BCUT2D eigenvalue weighted by molar-refractivity contribution is 5.77. The minimum absolute atomic E-state index is 0.000648. The van der Waals surface area contributed by atoms with Crippen molar-refractivity contribution in [2.45, 2.75) is 185 Å². The van der Waals surface area contributed by atoms with Crippen LogP contribution in [0.3, 0.4) is 0 Å². The first-order chi connectivity index (χ1) is 28.6. The Morgan fingerprint density at radius 1 is 0.429 bits per heavy atom. The lowest BCUT2D eigenvalue weighted by Gasteiger charge is -2.60. The van der Waals surface area contributed by atoms with E-state index >= 15 is 0 Å². The summed E-state index contributed by atoms with van der Waals surface area (Å²) in [6.07, 6.45) is 5.74. The van der Waals surface area contributed by atoms with Crippen LogP contribution in [0.4, 0.5) is 35.1 Å². The number of aliphatic hydroxyl groups is 3. The monoisotopic (exact) mass is 914 g/mol. The number of hydrogen-bond acceptors (Lipinski definition) is 9. The third-order valence-electron chi connectivity index (χ3n) is 16.8. The lowest BCUT2D eigenvalue weighted by molar-refractivity contribution is -0.232.